The number of halogens is 1. The molecule has 7 nitrogen and oxygen atoms in total. The highest BCUT2D eigenvalue weighted by atomic mass is 35.5. The monoisotopic (exact) mass is 415 g/mol. The first-order valence-electron chi connectivity index (χ1n) is 9.00. The number of carboxylic acids is 1. The molecule has 0 fully saturated rings. The van der Waals surface area contributed by atoms with Crippen molar-refractivity contribution in [2.24, 2.45) is 5.10 Å². The molecule has 0 N–H and O–H groups in total. The maximum absolute atomic E-state index is 12.7. The molecule has 0 aliphatic carbocycles. The predicted octanol–water partition coefficient (Wildman–Crippen LogP) is 2.57. The van der Waals surface area contributed by atoms with Crippen LogP contribution in [0.25, 0.3) is 0 Å². The van der Waals surface area contributed by atoms with E-state index in [2.05, 4.69) is 5.10 Å². The van der Waals surface area contributed by atoms with Crippen molar-refractivity contribution in [1.82, 2.24) is 5.01 Å². The second-order valence-corrected chi connectivity index (χ2v) is 6.88. The van der Waals surface area contributed by atoms with Gasteiger partial charge in [-0.1, -0.05) is 29.8 Å². The number of rotatable bonds is 7. The number of carboxylic acid groups (broad SMARTS) is 1. The maximum Gasteiger partial charge on any atom is 0.243 e. The molecule has 1 aliphatic rings. The molecule has 0 radical (unpaired) electrons. The Hall–Kier alpha value is -3.06. The first-order valence-corrected chi connectivity index (χ1v) is 9.38. The Morgan fingerprint density at radius 1 is 1.14 bits per heavy atom. The lowest BCUT2D eigenvalue weighted by Crippen LogP contribution is -2.30. The van der Waals surface area contributed by atoms with E-state index in [1.807, 2.05) is 18.2 Å². The summed E-state index contributed by atoms with van der Waals surface area (Å²) in [7, 11) is 3.09. The van der Waals surface area contributed by atoms with Crippen LogP contribution in [0.4, 0.5) is 0 Å². The van der Waals surface area contributed by atoms with Gasteiger partial charge in [0, 0.05) is 29.4 Å². The van der Waals surface area contributed by atoms with Gasteiger partial charge in [0.2, 0.25) is 5.91 Å². The van der Waals surface area contributed by atoms with Gasteiger partial charge in [-0.2, -0.15) is 5.10 Å². The molecule has 0 saturated heterocycles. The van der Waals surface area contributed by atoms with Gasteiger partial charge in [0.05, 0.1) is 26.0 Å². The zero-order valence-corrected chi connectivity index (χ0v) is 16.8. The summed E-state index contributed by atoms with van der Waals surface area (Å²) in [5.74, 6) is -0.561. The molecule has 1 amide bonds. The molecule has 0 unspecified atom stereocenters. The van der Waals surface area contributed by atoms with Crippen molar-refractivity contribution in [3.05, 3.63) is 58.6 Å². The summed E-state index contributed by atoms with van der Waals surface area (Å²) in [4.78, 5) is 23.5. The van der Waals surface area contributed by atoms with Gasteiger partial charge in [-0.3, -0.25) is 4.79 Å². The minimum absolute atomic E-state index is 0.202. The van der Waals surface area contributed by atoms with E-state index in [1.54, 1.807) is 38.5 Å². The SMILES string of the molecule is COc1ccc(C2=NN(C(=O)CCC(=O)[O-])[C@@H](c3ccccc3Cl)C2)cc1OC. The number of carbonyl (C=O) groups excluding carboxylic acids is 2. The van der Waals surface area contributed by atoms with Crippen LogP contribution in [0.3, 0.4) is 0 Å². The largest absolute Gasteiger partial charge is 0.550 e. The summed E-state index contributed by atoms with van der Waals surface area (Å²) in [5, 5.41) is 17.1. The van der Waals surface area contributed by atoms with E-state index in [4.69, 9.17) is 21.1 Å². The zero-order chi connectivity index (χ0) is 21.0. The Kier molecular flexibility index (Phi) is 6.39. The first kappa shape index (κ1) is 20.7. The van der Waals surface area contributed by atoms with Crippen LogP contribution < -0.4 is 14.6 Å². The molecule has 0 bridgehead atoms. The van der Waals surface area contributed by atoms with Gasteiger partial charge in [-0.15, -0.1) is 0 Å². The molecule has 2 aromatic rings. The van der Waals surface area contributed by atoms with Gasteiger partial charge in [0.25, 0.3) is 0 Å². The van der Waals surface area contributed by atoms with Crippen LogP contribution in [0, 0.1) is 0 Å². The van der Waals surface area contributed by atoms with Crippen molar-refractivity contribution in [2.75, 3.05) is 14.2 Å². The highest BCUT2D eigenvalue weighted by Crippen LogP contribution is 2.38. The number of benzene rings is 2. The molecule has 1 atom stereocenters. The van der Waals surface area contributed by atoms with Crippen molar-refractivity contribution < 1.29 is 24.2 Å². The highest BCUT2D eigenvalue weighted by Gasteiger charge is 2.34. The Balaban J connectivity index is 1.96. The lowest BCUT2D eigenvalue weighted by atomic mass is 9.98. The second kappa shape index (κ2) is 8.96. The number of hydrogen-bond donors (Lipinski definition) is 0. The fourth-order valence-electron chi connectivity index (χ4n) is 3.24. The Morgan fingerprint density at radius 3 is 2.52 bits per heavy atom. The van der Waals surface area contributed by atoms with E-state index < -0.39 is 17.9 Å². The number of carbonyl (C=O) groups is 2. The minimum atomic E-state index is -1.28. The molecule has 0 spiro atoms. The second-order valence-electron chi connectivity index (χ2n) is 6.47. The normalized spacial score (nSPS) is 15.8. The third-order valence-electron chi connectivity index (χ3n) is 4.69. The standard InChI is InChI=1S/C21H21ClN2O5/c1-28-18-8-7-13(11-19(18)29-2)16-12-17(14-5-3-4-6-15(14)22)24(23-16)20(25)9-10-21(26)27/h3-8,11,17H,9-10,12H2,1-2H3,(H,26,27)/p-1/t17-/m1/s1. The van der Waals surface area contributed by atoms with Crippen molar-refractivity contribution >= 4 is 29.2 Å². The molecule has 152 valence electrons. The van der Waals surface area contributed by atoms with Gasteiger partial charge in [0.1, 0.15) is 0 Å². The number of methoxy groups -OCH3 is 2. The van der Waals surface area contributed by atoms with E-state index in [0.717, 1.165) is 11.1 Å². The first-order chi connectivity index (χ1) is 13.9. The average molecular weight is 416 g/mol. The summed E-state index contributed by atoms with van der Waals surface area (Å²) in [5.41, 5.74) is 2.18. The van der Waals surface area contributed by atoms with Crippen LogP contribution in [0.2, 0.25) is 5.02 Å². The summed E-state index contributed by atoms with van der Waals surface area (Å²) in [6, 6.07) is 12.2. The average Bonchev–Trinajstić information content (AvgIpc) is 3.17. The fourth-order valence-corrected chi connectivity index (χ4v) is 3.50. The number of hydrogen-bond acceptors (Lipinski definition) is 6. The lowest BCUT2D eigenvalue weighted by Gasteiger charge is -2.23. The Morgan fingerprint density at radius 2 is 1.86 bits per heavy atom. The number of aliphatic carboxylic acids is 1. The molecular formula is C21H20ClN2O5-. The van der Waals surface area contributed by atoms with Crippen molar-refractivity contribution in [1.29, 1.82) is 0 Å². The minimum Gasteiger partial charge on any atom is -0.550 e. The summed E-state index contributed by atoms with van der Waals surface area (Å²) in [6.45, 7) is 0. The summed E-state index contributed by atoms with van der Waals surface area (Å²) >= 11 is 6.35. The van der Waals surface area contributed by atoms with Gasteiger partial charge in [-0.05, 0) is 36.2 Å². The molecule has 1 heterocycles. The van der Waals surface area contributed by atoms with E-state index in [0.29, 0.717) is 28.7 Å². The molecule has 0 saturated carbocycles. The van der Waals surface area contributed by atoms with Crippen molar-refractivity contribution in [3.63, 3.8) is 0 Å². The van der Waals surface area contributed by atoms with E-state index in [-0.39, 0.29) is 12.8 Å². The molecule has 29 heavy (non-hydrogen) atoms. The third kappa shape index (κ3) is 4.51. The van der Waals surface area contributed by atoms with Gasteiger partial charge in [0.15, 0.2) is 11.5 Å². The molecule has 1 aliphatic heterocycles. The molecule has 0 aromatic heterocycles. The number of nitrogens with zero attached hydrogens (tertiary/aromatic N) is 2. The quantitative estimate of drug-likeness (QED) is 0.693. The molecule has 8 heteroatoms. The van der Waals surface area contributed by atoms with Crippen molar-refractivity contribution in [2.45, 2.75) is 25.3 Å². The van der Waals surface area contributed by atoms with E-state index >= 15 is 0 Å². The molecule has 2 aromatic carbocycles. The van der Waals surface area contributed by atoms with Gasteiger partial charge >= 0.3 is 0 Å². The third-order valence-corrected chi connectivity index (χ3v) is 5.03. The van der Waals surface area contributed by atoms with Crippen LogP contribution >= 0.6 is 11.6 Å². The van der Waals surface area contributed by atoms with Crippen LogP contribution in [-0.2, 0) is 9.59 Å². The maximum atomic E-state index is 12.7. The molecule has 3 rings (SSSR count). The topological polar surface area (TPSA) is 91.3 Å². The van der Waals surface area contributed by atoms with Crippen LogP contribution in [0.15, 0.2) is 47.6 Å². The van der Waals surface area contributed by atoms with Crippen LogP contribution in [0.1, 0.15) is 36.4 Å². The predicted molar refractivity (Wildman–Crippen MR) is 106 cm³/mol. The van der Waals surface area contributed by atoms with Crippen LogP contribution in [-0.4, -0.2) is 36.8 Å². The Bertz CT molecular complexity index is 960. The van der Waals surface area contributed by atoms with Gasteiger partial charge in [-0.25, -0.2) is 5.01 Å². The Labute approximate surface area is 173 Å². The highest BCUT2D eigenvalue weighted by molar-refractivity contribution is 6.31. The van der Waals surface area contributed by atoms with Gasteiger partial charge < -0.3 is 19.4 Å². The summed E-state index contributed by atoms with van der Waals surface area (Å²) in [6.07, 6.45) is -0.145. The van der Waals surface area contributed by atoms with E-state index in [9.17, 15) is 14.7 Å². The van der Waals surface area contributed by atoms with E-state index in [1.165, 1.54) is 5.01 Å². The number of ether oxygens (including phenoxy) is 2. The van der Waals surface area contributed by atoms with Crippen molar-refractivity contribution in [3.8, 4) is 11.5 Å². The smallest absolute Gasteiger partial charge is 0.243 e. The summed E-state index contributed by atoms with van der Waals surface area (Å²) < 4.78 is 10.6. The number of hydrazone groups is 1. The number of amides is 1. The fraction of sp³-hybridized carbons (Fsp3) is 0.286. The molecular weight excluding hydrogens is 396 g/mol. The lowest BCUT2D eigenvalue weighted by molar-refractivity contribution is -0.305. The zero-order valence-electron chi connectivity index (χ0n) is 16.1. The van der Waals surface area contributed by atoms with Crippen LogP contribution in [0.5, 0.6) is 11.5 Å².